The standard InChI is InChI=1S/C23H26ClN3O4S/c24-19-8-10-21(11-9-19)32(30,31)26-12-2-5-18(16-26)23(29)25-15-17-4-1-6-20(14-17)27-13-3-7-22(27)28/h1,4,6,8-11,14,18H,2-3,5,7,12-13,15-16H2,(H,25,29). The second-order valence-corrected chi connectivity index (χ2v) is 10.6. The number of anilines is 1. The molecular weight excluding hydrogens is 450 g/mol. The van der Waals surface area contributed by atoms with Gasteiger partial charge in [0.2, 0.25) is 21.8 Å². The molecule has 7 nitrogen and oxygen atoms in total. The number of halogens is 1. The fraction of sp³-hybridized carbons (Fsp3) is 0.391. The molecule has 170 valence electrons. The topological polar surface area (TPSA) is 86.8 Å². The van der Waals surface area contributed by atoms with Gasteiger partial charge in [0, 0.05) is 43.3 Å². The van der Waals surface area contributed by atoms with Gasteiger partial charge in [-0.3, -0.25) is 9.59 Å². The SMILES string of the molecule is O=C(NCc1cccc(N2CCCC2=O)c1)C1CCCN(S(=O)(=O)c2ccc(Cl)cc2)C1. The third-order valence-electron chi connectivity index (χ3n) is 5.97. The highest BCUT2D eigenvalue weighted by atomic mass is 35.5. The number of nitrogens with one attached hydrogen (secondary N) is 1. The second kappa shape index (κ2) is 9.60. The molecule has 0 bridgehead atoms. The molecule has 2 fully saturated rings. The first-order valence-electron chi connectivity index (χ1n) is 10.8. The summed E-state index contributed by atoms with van der Waals surface area (Å²) in [7, 11) is -3.68. The molecule has 0 radical (unpaired) electrons. The lowest BCUT2D eigenvalue weighted by molar-refractivity contribution is -0.126. The van der Waals surface area contributed by atoms with E-state index in [0.29, 0.717) is 43.9 Å². The van der Waals surface area contributed by atoms with E-state index >= 15 is 0 Å². The number of sulfonamides is 1. The number of carbonyl (C=O) groups is 2. The van der Waals surface area contributed by atoms with E-state index in [9.17, 15) is 18.0 Å². The van der Waals surface area contributed by atoms with Gasteiger partial charge in [-0.1, -0.05) is 23.7 Å². The van der Waals surface area contributed by atoms with Crippen LogP contribution in [0.3, 0.4) is 0 Å². The fourth-order valence-corrected chi connectivity index (χ4v) is 5.87. The molecule has 32 heavy (non-hydrogen) atoms. The lowest BCUT2D eigenvalue weighted by atomic mass is 9.98. The first-order valence-corrected chi connectivity index (χ1v) is 12.6. The molecule has 1 N–H and O–H groups in total. The molecule has 2 aliphatic heterocycles. The molecule has 0 saturated carbocycles. The van der Waals surface area contributed by atoms with Crippen molar-refractivity contribution in [1.82, 2.24) is 9.62 Å². The van der Waals surface area contributed by atoms with E-state index in [4.69, 9.17) is 11.6 Å². The Balaban J connectivity index is 1.38. The predicted molar refractivity (Wildman–Crippen MR) is 123 cm³/mol. The third-order valence-corrected chi connectivity index (χ3v) is 8.10. The van der Waals surface area contributed by atoms with Gasteiger partial charge in [0.25, 0.3) is 0 Å². The Labute approximate surface area is 193 Å². The van der Waals surface area contributed by atoms with Crippen LogP contribution in [0.1, 0.15) is 31.2 Å². The van der Waals surface area contributed by atoms with Gasteiger partial charge in [0.05, 0.1) is 10.8 Å². The Morgan fingerprint density at radius 2 is 1.88 bits per heavy atom. The van der Waals surface area contributed by atoms with Gasteiger partial charge in [0.15, 0.2) is 0 Å². The maximum absolute atomic E-state index is 13.0. The molecular formula is C23H26ClN3O4S. The van der Waals surface area contributed by atoms with Crippen LogP contribution in [0.4, 0.5) is 5.69 Å². The molecule has 0 aromatic heterocycles. The maximum Gasteiger partial charge on any atom is 0.243 e. The average molecular weight is 476 g/mol. The largest absolute Gasteiger partial charge is 0.352 e. The van der Waals surface area contributed by atoms with E-state index in [-0.39, 0.29) is 23.3 Å². The molecule has 2 heterocycles. The van der Waals surface area contributed by atoms with Crippen molar-refractivity contribution in [3.05, 3.63) is 59.1 Å². The summed E-state index contributed by atoms with van der Waals surface area (Å²) in [5.41, 5.74) is 1.74. The molecule has 2 amide bonds. The molecule has 9 heteroatoms. The zero-order valence-electron chi connectivity index (χ0n) is 17.7. The smallest absolute Gasteiger partial charge is 0.243 e. The molecule has 2 aliphatic rings. The molecule has 2 saturated heterocycles. The quantitative estimate of drug-likeness (QED) is 0.695. The van der Waals surface area contributed by atoms with Gasteiger partial charge >= 0.3 is 0 Å². The van der Waals surface area contributed by atoms with Crippen molar-refractivity contribution < 1.29 is 18.0 Å². The highest BCUT2D eigenvalue weighted by Crippen LogP contribution is 2.25. The van der Waals surface area contributed by atoms with Crippen LogP contribution in [0, 0.1) is 5.92 Å². The van der Waals surface area contributed by atoms with Crippen LogP contribution in [-0.2, 0) is 26.2 Å². The summed E-state index contributed by atoms with van der Waals surface area (Å²) >= 11 is 5.87. The van der Waals surface area contributed by atoms with Crippen LogP contribution in [0.15, 0.2) is 53.4 Å². The van der Waals surface area contributed by atoms with Crippen molar-refractivity contribution in [2.75, 3.05) is 24.5 Å². The van der Waals surface area contributed by atoms with Crippen LogP contribution in [0.25, 0.3) is 0 Å². The van der Waals surface area contributed by atoms with E-state index in [0.717, 1.165) is 17.7 Å². The number of amides is 2. The number of hydrogen-bond donors (Lipinski definition) is 1. The van der Waals surface area contributed by atoms with E-state index < -0.39 is 15.9 Å². The first-order chi connectivity index (χ1) is 15.3. The molecule has 4 rings (SSSR count). The van der Waals surface area contributed by atoms with E-state index in [1.165, 1.54) is 16.4 Å². The predicted octanol–water partition coefficient (Wildman–Crippen LogP) is 3.18. The summed E-state index contributed by atoms with van der Waals surface area (Å²) in [5.74, 6) is -0.451. The van der Waals surface area contributed by atoms with Gasteiger partial charge in [-0.15, -0.1) is 0 Å². The van der Waals surface area contributed by atoms with Gasteiger partial charge in [-0.2, -0.15) is 4.31 Å². The number of rotatable bonds is 6. The van der Waals surface area contributed by atoms with Crippen molar-refractivity contribution in [2.45, 2.75) is 37.1 Å². The zero-order chi connectivity index (χ0) is 22.7. The van der Waals surface area contributed by atoms with E-state index in [1.807, 2.05) is 24.3 Å². The van der Waals surface area contributed by atoms with Crippen molar-refractivity contribution in [1.29, 1.82) is 0 Å². The summed E-state index contributed by atoms with van der Waals surface area (Å²) in [6.45, 7) is 1.59. The van der Waals surface area contributed by atoms with Crippen molar-refractivity contribution >= 4 is 39.1 Å². The first kappa shape index (κ1) is 22.8. The maximum atomic E-state index is 13.0. The molecule has 1 atom stereocenters. The van der Waals surface area contributed by atoms with Crippen molar-refractivity contribution in [3.63, 3.8) is 0 Å². The number of piperidine rings is 1. The minimum atomic E-state index is -3.68. The lowest BCUT2D eigenvalue weighted by Crippen LogP contribution is -2.45. The molecule has 2 aromatic carbocycles. The Kier molecular flexibility index (Phi) is 6.83. The normalized spacial score (nSPS) is 19.8. The van der Waals surface area contributed by atoms with Gasteiger partial charge in [0.1, 0.15) is 0 Å². The number of carbonyl (C=O) groups excluding carboxylic acids is 2. The molecule has 0 spiro atoms. The summed E-state index contributed by atoms with van der Waals surface area (Å²) in [6.07, 6.45) is 2.69. The fourth-order valence-electron chi connectivity index (χ4n) is 4.22. The second-order valence-electron chi connectivity index (χ2n) is 8.19. The van der Waals surface area contributed by atoms with Crippen LogP contribution >= 0.6 is 11.6 Å². The van der Waals surface area contributed by atoms with Crippen LogP contribution in [-0.4, -0.2) is 44.2 Å². The number of hydrogen-bond acceptors (Lipinski definition) is 4. The summed E-state index contributed by atoms with van der Waals surface area (Å²) in [5, 5.41) is 3.41. The highest BCUT2D eigenvalue weighted by Gasteiger charge is 2.33. The number of nitrogens with zero attached hydrogens (tertiary/aromatic N) is 2. The number of benzene rings is 2. The Hall–Kier alpha value is -2.42. The van der Waals surface area contributed by atoms with Crippen LogP contribution in [0.2, 0.25) is 5.02 Å². The summed E-state index contributed by atoms with van der Waals surface area (Å²) in [4.78, 5) is 26.7. The molecule has 1 unspecified atom stereocenters. The third kappa shape index (κ3) is 4.98. The minimum Gasteiger partial charge on any atom is -0.352 e. The summed E-state index contributed by atoms with van der Waals surface area (Å²) < 4.78 is 27.3. The highest BCUT2D eigenvalue weighted by molar-refractivity contribution is 7.89. The monoisotopic (exact) mass is 475 g/mol. The summed E-state index contributed by atoms with van der Waals surface area (Å²) in [6, 6.07) is 13.7. The van der Waals surface area contributed by atoms with E-state index in [2.05, 4.69) is 5.32 Å². The van der Waals surface area contributed by atoms with Gasteiger partial charge in [-0.25, -0.2) is 8.42 Å². The van der Waals surface area contributed by atoms with Crippen molar-refractivity contribution in [2.24, 2.45) is 5.92 Å². The van der Waals surface area contributed by atoms with Crippen LogP contribution in [0.5, 0.6) is 0 Å². The Morgan fingerprint density at radius 1 is 1.09 bits per heavy atom. The average Bonchev–Trinajstić information content (AvgIpc) is 3.24. The van der Waals surface area contributed by atoms with Crippen LogP contribution < -0.4 is 10.2 Å². The Morgan fingerprint density at radius 3 is 2.59 bits per heavy atom. The zero-order valence-corrected chi connectivity index (χ0v) is 19.2. The molecule has 0 aliphatic carbocycles. The van der Waals surface area contributed by atoms with Gasteiger partial charge < -0.3 is 10.2 Å². The Bertz CT molecular complexity index is 1100. The minimum absolute atomic E-state index is 0.121. The molecule has 2 aromatic rings. The van der Waals surface area contributed by atoms with Crippen molar-refractivity contribution in [3.8, 4) is 0 Å². The van der Waals surface area contributed by atoms with E-state index in [1.54, 1.807) is 17.0 Å². The lowest BCUT2D eigenvalue weighted by Gasteiger charge is -2.31. The van der Waals surface area contributed by atoms with Gasteiger partial charge in [-0.05, 0) is 61.2 Å².